The fraction of sp³-hybridized carbons (Fsp3) is 0.692. The molecule has 1 fully saturated rings. The summed E-state index contributed by atoms with van der Waals surface area (Å²) in [6, 6.07) is 2.26. The molecule has 1 N–H and O–H groups in total. The van der Waals surface area contributed by atoms with Gasteiger partial charge >= 0.3 is 0 Å². The smallest absolute Gasteiger partial charge is 0.231 e. The van der Waals surface area contributed by atoms with E-state index in [0.717, 1.165) is 46.5 Å². The monoisotopic (exact) mass is 342 g/mol. The van der Waals surface area contributed by atoms with Crippen LogP contribution in [-0.2, 0) is 4.79 Å². The molecule has 0 spiro atoms. The molecule has 1 aliphatic carbocycles. The van der Waals surface area contributed by atoms with Gasteiger partial charge in [0, 0.05) is 5.75 Å². The minimum Gasteiger partial charge on any atom is -0.337 e. The molecule has 0 unspecified atom stereocenters. The molecule has 1 aromatic heterocycles. The van der Waals surface area contributed by atoms with E-state index < -0.39 is 5.54 Å². The Labute approximate surface area is 137 Å². The number of hydrogen-bond donors (Lipinski definition) is 1. The summed E-state index contributed by atoms with van der Waals surface area (Å²) < 4.78 is 1.75. The average molecular weight is 343 g/mol. The van der Waals surface area contributed by atoms with Crippen molar-refractivity contribution in [1.82, 2.24) is 15.5 Å². The molecule has 0 radical (unpaired) electrons. The first-order valence-corrected chi connectivity index (χ1v) is 9.77. The van der Waals surface area contributed by atoms with E-state index in [9.17, 15) is 10.1 Å². The van der Waals surface area contributed by atoms with Gasteiger partial charge in [-0.15, -0.1) is 10.2 Å². The van der Waals surface area contributed by atoms with E-state index in [1.807, 2.05) is 0 Å². The van der Waals surface area contributed by atoms with Crippen LogP contribution in [-0.4, -0.2) is 33.1 Å². The van der Waals surface area contributed by atoms with Crippen molar-refractivity contribution >= 4 is 40.8 Å². The molecule has 114 valence electrons. The van der Waals surface area contributed by atoms with E-state index in [1.165, 1.54) is 23.1 Å². The molecule has 1 heterocycles. The maximum atomic E-state index is 12.0. The molecule has 1 amide bonds. The van der Waals surface area contributed by atoms with Gasteiger partial charge in [-0.25, -0.2) is 0 Å². The predicted molar refractivity (Wildman–Crippen MR) is 86.6 cm³/mol. The van der Waals surface area contributed by atoms with Crippen LogP contribution < -0.4 is 5.32 Å². The highest BCUT2D eigenvalue weighted by atomic mass is 32.2. The van der Waals surface area contributed by atoms with E-state index in [-0.39, 0.29) is 11.7 Å². The molecule has 1 aromatic rings. The number of nitrogens with one attached hydrogen (secondary N) is 1. The van der Waals surface area contributed by atoms with Crippen molar-refractivity contribution in [2.45, 2.75) is 53.2 Å². The van der Waals surface area contributed by atoms with Crippen LogP contribution in [0.4, 0.5) is 0 Å². The van der Waals surface area contributed by atoms with Gasteiger partial charge in [-0.2, -0.15) is 5.26 Å². The van der Waals surface area contributed by atoms with Gasteiger partial charge in [-0.05, 0) is 32.1 Å². The lowest BCUT2D eigenvalue weighted by molar-refractivity contribution is -0.119. The topological polar surface area (TPSA) is 78.7 Å². The largest absolute Gasteiger partial charge is 0.337 e. The number of carbonyl (C=O) groups excluding carboxylic acids is 1. The zero-order chi connectivity index (χ0) is 15.1. The van der Waals surface area contributed by atoms with Crippen molar-refractivity contribution in [2.75, 3.05) is 11.5 Å². The van der Waals surface area contributed by atoms with Crippen LogP contribution >= 0.6 is 34.9 Å². The van der Waals surface area contributed by atoms with Gasteiger partial charge in [-0.1, -0.05) is 41.8 Å². The van der Waals surface area contributed by atoms with E-state index in [0.29, 0.717) is 0 Å². The van der Waals surface area contributed by atoms with Crippen LogP contribution in [0.1, 0.15) is 39.0 Å². The molecule has 0 aliphatic heterocycles. The predicted octanol–water partition coefficient (Wildman–Crippen LogP) is 3.08. The summed E-state index contributed by atoms with van der Waals surface area (Å²) in [4.78, 5) is 12.0. The second-order valence-corrected chi connectivity index (χ2v) is 8.46. The Kier molecular flexibility index (Phi) is 6.33. The van der Waals surface area contributed by atoms with Crippen LogP contribution in [0.3, 0.4) is 0 Å². The van der Waals surface area contributed by atoms with Crippen molar-refractivity contribution in [3.8, 4) is 6.07 Å². The Morgan fingerprint density at radius 3 is 2.67 bits per heavy atom. The van der Waals surface area contributed by atoms with Crippen LogP contribution in [0.2, 0.25) is 0 Å². The van der Waals surface area contributed by atoms with Crippen LogP contribution in [0.15, 0.2) is 8.68 Å². The number of amides is 1. The lowest BCUT2D eigenvalue weighted by Crippen LogP contribution is -2.45. The molecule has 0 bridgehead atoms. The molecule has 1 saturated carbocycles. The molecule has 21 heavy (non-hydrogen) atoms. The van der Waals surface area contributed by atoms with Crippen molar-refractivity contribution in [1.29, 1.82) is 5.26 Å². The summed E-state index contributed by atoms with van der Waals surface area (Å²) in [5, 5.41) is 20.3. The molecular weight excluding hydrogens is 324 g/mol. The Balaban J connectivity index is 1.78. The first-order chi connectivity index (χ1) is 10.2. The summed E-state index contributed by atoms with van der Waals surface area (Å²) in [5.41, 5.74) is -0.638. The molecule has 2 rings (SSSR count). The van der Waals surface area contributed by atoms with Crippen LogP contribution in [0.25, 0.3) is 0 Å². The fourth-order valence-corrected chi connectivity index (χ4v) is 4.92. The van der Waals surface area contributed by atoms with E-state index in [4.69, 9.17) is 0 Å². The van der Waals surface area contributed by atoms with Crippen molar-refractivity contribution in [3.63, 3.8) is 0 Å². The summed E-state index contributed by atoms with van der Waals surface area (Å²) >= 11 is 4.60. The SMILES string of the molecule is CCCSc1nnc(SCC(=O)NC2(C#N)CCCC2)s1. The van der Waals surface area contributed by atoms with Gasteiger partial charge < -0.3 is 5.32 Å². The van der Waals surface area contributed by atoms with Crippen LogP contribution in [0, 0.1) is 11.3 Å². The van der Waals surface area contributed by atoms with Crippen molar-refractivity contribution in [2.24, 2.45) is 0 Å². The normalized spacial score (nSPS) is 16.6. The minimum atomic E-state index is -0.638. The third-order valence-electron chi connectivity index (χ3n) is 3.19. The lowest BCUT2D eigenvalue weighted by atomic mass is 10.0. The molecular formula is C13H18N4OS3. The zero-order valence-corrected chi connectivity index (χ0v) is 14.4. The van der Waals surface area contributed by atoms with E-state index in [2.05, 4.69) is 28.5 Å². The summed E-state index contributed by atoms with van der Waals surface area (Å²) in [5.74, 6) is 1.22. The average Bonchev–Trinajstić information content (AvgIpc) is 3.13. The standard InChI is InChI=1S/C13H18N4OS3/c1-2-7-19-11-16-17-12(21-11)20-8-10(18)15-13(9-14)5-3-4-6-13/h2-8H2,1H3,(H,15,18). The van der Waals surface area contributed by atoms with Crippen LogP contribution in [0.5, 0.6) is 0 Å². The third-order valence-corrected chi connectivity index (χ3v) is 6.59. The highest BCUT2D eigenvalue weighted by Crippen LogP contribution is 2.31. The Morgan fingerprint density at radius 1 is 1.38 bits per heavy atom. The number of carbonyl (C=O) groups is 1. The quantitative estimate of drug-likeness (QED) is 0.767. The second kappa shape index (κ2) is 8.01. The summed E-state index contributed by atoms with van der Waals surface area (Å²) in [6.07, 6.45) is 4.64. The number of nitriles is 1. The van der Waals surface area contributed by atoms with E-state index in [1.54, 1.807) is 11.8 Å². The maximum Gasteiger partial charge on any atom is 0.231 e. The number of aromatic nitrogens is 2. The van der Waals surface area contributed by atoms with Gasteiger partial charge in [0.25, 0.3) is 0 Å². The van der Waals surface area contributed by atoms with Crippen molar-refractivity contribution < 1.29 is 4.79 Å². The number of thioether (sulfide) groups is 2. The highest BCUT2D eigenvalue weighted by molar-refractivity contribution is 8.03. The van der Waals surface area contributed by atoms with E-state index >= 15 is 0 Å². The zero-order valence-electron chi connectivity index (χ0n) is 11.9. The molecule has 0 saturated heterocycles. The Hall–Kier alpha value is -0.780. The van der Waals surface area contributed by atoms with Gasteiger partial charge in [0.15, 0.2) is 8.68 Å². The Morgan fingerprint density at radius 2 is 2.05 bits per heavy atom. The maximum absolute atomic E-state index is 12.0. The first kappa shape index (κ1) is 16.6. The first-order valence-electron chi connectivity index (χ1n) is 6.99. The van der Waals surface area contributed by atoms with Gasteiger partial charge in [-0.3, -0.25) is 4.79 Å². The van der Waals surface area contributed by atoms with Gasteiger partial charge in [0.1, 0.15) is 5.54 Å². The van der Waals surface area contributed by atoms with Gasteiger partial charge in [0.05, 0.1) is 11.8 Å². The molecule has 5 nitrogen and oxygen atoms in total. The number of hydrogen-bond acceptors (Lipinski definition) is 7. The second-order valence-electron chi connectivity index (χ2n) is 4.92. The highest BCUT2D eigenvalue weighted by Gasteiger charge is 2.35. The fourth-order valence-electron chi connectivity index (χ4n) is 2.18. The lowest BCUT2D eigenvalue weighted by Gasteiger charge is -2.21. The van der Waals surface area contributed by atoms with Crippen molar-refractivity contribution in [3.05, 3.63) is 0 Å². The Bertz CT molecular complexity index is 520. The van der Waals surface area contributed by atoms with Gasteiger partial charge in [0.2, 0.25) is 5.91 Å². The minimum absolute atomic E-state index is 0.0959. The number of nitrogens with zero attached hydrogens (tertiary/aromatic N) is 3. The molecule has 1 aliphatic rings. The molecule has 0 atom stereocenters. The summed E-state index contributed by atoms with van der Waals surface area (Å²) in [7, 11) is 0. The molecule has 8 heteroatoms. The summed E-state index contributed by atoms with van der Waals surface area (Å²) in [6.45, 7) is 2.13. The number of rotatable bonds is 7. The third kappa shape index (κ3) is 4.87. The molecule has 0 aromatic carbocycles.